The highest BCUT2D eigenvalue weighted by Crippen LogP contribution is 2.06. The summed E-state index contributed by atoms with van der Waals surface area (Å²) in [5.41, 5.74) is 0.826. The first kappa shape index (κ1) is 11.1. The van der Waals surface area contributed by atoms with Gasteiger partial charge in [0.05, 0.1) is 25.2 Å². The molecule has 0 bridgehead atoms. The third kappa shape index (κ3) is 2.59. The van der Waals surface area contributed by atoms with Gasteiger partial charge >= 0.3 is 5.97 Å². The summed E-state index contributed by atoms with van der Waals surface area (Å²) in [5.74, 6) is -0.974. The van der Waals surface area contributed by atoms with Crippen molar-refractivity contribution in [1.29, 1.82) is 0 Å². The molecule has 0 spiro atoms. The number of nitrogens with one attached hydrogen (secondary N) is 1. The summed E-state index contributed by atoms with van der Waals surface area (Å²) in [6.45, 7) is 4.18. The van der Waals surface area contributed by atoms with Crippen LogP contribution in [0.15, 0.2) is 6.33 Å². The van der Waals surface area contributed by atoms with Crippen LogP contribution in [0.5, 0.6) is 0 Å². The van der Waals surface area contributed by atoms with Gasteiger partial charge in [0, 0.05) is 26.1 Å². The minimum atomic E-state index is -0.974. The first-order valence-electron chi connectivity index (χ1n) is 5.33. The molecule has 6 heteroatoms. The standard InChI is InChI=1S/C10H15N3O3/c14-10(15)9-8(11-7-12-9)1-2-13-3-5-16-6-4-13/h7H,1-6H2,(H,11,12)(H,14,15). The van der Waals surface area contributed by atoms with Gasteiger partial charge in [0.1, 0.15) is 0 Å². The van der Waals surface area contributed by atoms with Gasteiger partial charge in [-0.15, -0.1) is 0 Å². The van der Waals surface area contributed by atoms with E-state index in [0.29, 0.717) is 12.1 Å². The van der Waals surface area contributed by atoms with Crippen molar-refractivity contribution in [2.24, 2.45) is 0 Å². The maximum atomic E-state index is 10.8. The van der Waals surface area contributed by atoms with Crippen molar-refractivity contribution in [1.82, 2.24) is 14.9 Å². The highest BCUT2D eigenvalue weighted by molar-refractivity contribution is 5.86. The van der Waals surface area contributed by atoms with E-state index < -0.39 is 5.97 Å². The van der Waals surface area contributed by atoms with Crippen LogP contribution in [0, 0.1) is 0 Å². The average molecular weight is 225 g/mol. The average Bonchev–Trinajstić information content (AvgIpc) is 2.76. The first-order chi connectivity index (χ1) is 7.77. The molecule has 0 saturated carbocycles. The molecule has 2 rings (SSSR count). The van der Waals surface area contributed by atoms with Crippen LogP contribution in [0.2, 0.25) is 0 Å². The van der Waals surface area contributed by atoms with Crippen molar-refractivity contribution in [3.05, 3.63) is 17.7 Å². The largest absolute Gasteiger partial charge is 0.476 e. The van der Waals surface area contributed by atoms with Crippen LogP contribution in [-0.2, 0) is 11.2 Å². The highest BCUT2D eigenvalue weighted by Gasteiger charge is 2.15. The molecule has 1 fully saturated rings. The number of hydrogen-bond donors (Lipinski definition) is 2. The monoisotopic (exact) mass is 225 g/mol. The Balaban J connectivity index is 1.88. The van der Waals surface area contributed by atoms with Crippen molar-refractivity contribution >= 4 is 5.97 Å². The first-order valence-corrected chi connectivity index (χ1v) is 5.33. The Morgan fingerprint density at radius 2 is 2.31 bits per heavy atom. The number of aromatic amines is 1. The zero-order valence-electron chi connectivity index (χ0n) is 8.98. The van der Waals surface area contributed by atoms with Crippen LogP contribution in [0.1, 0.15) is 16.2 Å². The topological polar surface area (TPSA) is 78.4 Å². The number of carboxylic acids is 1. The second-order valence-corrected chi connectivity index (χ2v) is 3.74. The zero-order valence-corrected chi connectivity index (χ0v) is 8.98. The molecule has 6 nitrogen and oxygen atoms in total. The fourth-order valence-corrected chi connectivity index (χ4v) is 1.79. The van der Waals surface area contributed by atoms with E-state index in [1.807, 2.05) is 0 Å². The van der Waals surface area contributed by atoms with Gasteiger partial charge in [-0.05, 0) is 0 Å². The van der Waals surface area contributed by atoms with Gasteiger partial charge in [-0.2, -0.15) is 0 Å². The van der Waals surface area contributed by atoms with E-state index in [2.05, 4.69) is 14.9 Å². The number of aromatic nitrogens is 2. The molecule has 0 amide bonds. The molecule has 0 aromatic carbocycles. The Labute approximate surface area is 93.2 Å². The molecule has 88 valence electrons. The molecule has 1 aromatic rings. The van der Waals surface area contributed by atoms with E-state index in [1.165, 1.54) is 6.33 Å². The van der Waals surface area contributed by atoms with Crippen LogP contribution >= 0.6 is 0 Å². The summed E-state index contributed by atoms with van der Waals surface area (Å²) < 4.78 is 5.24. The van der Waals surface area contributed by atoms with E-state index in [0.717, 1.165) is 32.8 Å². The lowest BCUT2D eigenvalue weighted by Gasteiger charge is -2.26. The number of rotatable bonds is 4. The number of carbonyl (C=O) groups is 1. The zero-order chi connectivity index (χ0) is 11.4. The van der Waals surface area contributed by atoms with Crippen LogP contribution < -0.4 is 0 Å². The summed E-state index contributed by atoms with van der Waals surface area (Å²) in [6, 6.07) is 0. The van der Waals surface area contributed by atoms with E-state index in [4.69, 9.17) is 9.84 Å². The molecule has 1 aliphatic rings. The Morgan fingerprint density at radius 3 is 3.00 bits per heavy atom. The number of H-pyrrole nitrogens is 1. The second kappa shape index (κ2) is 5.09. The SMILES string of the molecule is O=C(O)c1nc[nH]c1CCN1CCOCC1. The Hall–Kier alpha value is -1.40. The van der Waals surface area contributed by atoms with Crippen LogP contribution in [0.4, 0.5) is 0 Å². The summed E-state index contributed by atoms with van der Waals surface area (Å²) in [4.78, 5) is 19.7. The molecule has 0 unspecified atom stereocenters. The van der Waals surface area contributed by atoms with Crippen molar-refractivity contribution in [2.75, 3.05) is 32.8 Å². The number of aromatic carboxylic acids is 1. The fraction of sp³-hybridized carbons (Fsp3) is 0.600. The fourth-order valence-electron chi connectivity index (χ4n) is 1.79. The summed E-state index contributed by atoms with van der Waals surface area (Å²) in [5, 5.41) is 8.88. The molecule has 0 atom stereocenters. The number of morpholine rings is 1. The van der Waals surface area contributed by atoms with Crippen molar-refractivity contribution in [3.63, 3.8) is 0 Å². The highest BCUT2D eigenvalue weighted by atomic mass is 16.5. The quantitative estimate of drug-likeness (QED) is 0.753. The molecule has 0 aliphatic carbocycles. The number of ether oxygens (including phenoxy) is 1. The third-order valence-electron chi connectivity index (χ3n) is 2.70. The molecular formula is C10H15N3O3. The van der Waals surface area contributed by atoms with E-state index >= 15 is 0 Å². The normalized spacial score (nSPS) is 17.5. The van der Waals surface area contributed by atoms with Gasteiger partial charge in [0.2, 0.25) is 0 Å². The van der Waals surface area contributed by atoms with Gasteiger partial charge in [-0.25, -0.2) is 9.78 Å². The molecule has 16 heavy (non-hydrogen) atoms. The van der Waals surface area contributed by atoms with Crippen LogP contribution in [0.25, 0.3) is 0 Å². The van der Waals surface area contributed by atoms with Crippen LogP contribution in [0.3, 0.4) is 0 Å². The maximum absolute atomic E-state index is 10.8. The number of hydrogen-bond acceptors (Lipinski definition) is 4. The van der Waals surface area contributed by atoms with Crippen molar-refractivity contribution in [2.45, 2.75) is 6.42 Å². The third-order valence-corrected chi connectivity index (χ3v) is 2.70. The van der Waals surface area contributed by atoms with Gasteiger partial charge in [0.25, 0.3) is 0 Å². The second-order valence-electron chi connectivity index (χ2n) is 3.74. The van der Waals surface area contributed by atoms with Crippen molar-refractivity contribution < 1.29 is 14.6 Å². The lowest BCUT2D eigenvalue weighted by Crippen LogP contribution is -2.37. The van der Waals surface area contributed by atoms with Crippen molar-refractivity contribution in [3.8, 4) is 0 Å². The summed E-state index contributed by atoms with van der Waals surface area (Å²) in [7, 11) is 0. The number of imidazole rings is 1. The Bertz CT molecular complexity index is 358. The summed E-state index contributed by atoms with van der Waals surface area (Å²) in [6.07, 6.45) is 2.11. The van der Waals surface area contributed by atoms with E-state index in [9.17, 15) is 4.79 Å². The lowest BCUT2D eigenvalue weighted by atomic mass is 10.2. The van der Waals surface area contributed by atoms with E-state index in [1.54, 1.807) is 0 Å². The van der Waals surface area contributed by atoms with Gasteiger partial charge in [-0.3, -0.25) is 4.90 Å². The van der Waals surface area contributed by atoms with Gasteiger partial charge in [0.15, 0.2) is 5.69 Å². The predicted octanol–water partition coefficient (Wildman–Crippen LogP) is -0.0174. The molecule has 0 radical (unpaired) electrons. The smallest absolute Gasteiger partial charge is 0.356 e. The molecule has 1 aliphatic heterocycles. The molecule has 2 heterocycles. The number of nitrogens with zero attached hydrogens (tertiary/aromatic N) is 2. The van der Waals surface area contributed by atoms with E-state index in [-0.39, 0.29) is 5.69 Å². The number of carboxylic acid groups (broad SMARTS) is 1. The van der Waals surface area contributed by atoms with Gasteiger partial charge < -0.3 is 14.8 Å². The molecule has 2 N–H and O–H groups in total. The Morgan fingerprint density at radius 1 is 1.56 bits per heavy atom. The maximum Gasteiger partial charge on any atom is 0.356 e. The van der Waals surface area contributed by atoms with Gasteiger partial charge in [-0.1, -0.05) is 0 Å². The molecular weight excluding hydrogens is 210 g/mol. The molecule has 1 saturated heterocycles. The minimum Gasteiger partial charge on any atom is -0.476 e. The predicted molar refractivity (Wildman–Crippen MR) is 56.5 cm³/mol. The minimum absolute atomic E-state index is 0.133. The molecule has 1 aromatic heterocycles. The lowest BCUT2D eigenvalue weighted by molar-refractivity contribution is 0.0382. The Kier molecular flexibility index (Phi) is 3.53. The van der Waals surface area contributed by atoms with Crippen LogP contribution in [-0.4, -0.2) is 58.8 Å². The summed E-state index contributed by atoms with van der Waals surface area (Å²) >= 11 is 0.